The molecule has 2 unspecified atom stereocenters. The predicted octanol–water partition coefficient (Wildman–Crippen LogP) is 0.254. The van der Waals surface area contributed by atoms with Crippen molar-refractivity contribution < 1.29 is 4.79 Å². The number of nitrogens with one attached hydrogen (secondary N) is 1. The molecule has 2 heterocycles. The molecule has 6 nitrogen and oxygen atoms in total. The summed E-state index contributed by atoms with van der Waals surface area (Å²) in [6.45, 7) is 3.49. The van der Waals surface area contributed by atoms with Gasteiger partial charge in [0, 0.05) is 6.20 Å². The zero-order valence-electron chi connectivity index (χ0n) is 9.79. The maximum absolute atomic E-state index is 11.5. The highest BCUT2D eigenvalue weighted by Gasteiger charge is 2.17. The molecule has 17 heavy (non-hydrogen) atoms. The Morgan fingerprint density at radius 2 is 2.18 bits per heavy atom. The van der Waals surface area contributed by atoms with Crippen LogP contribution in [0, 0.1) is 0 Å². The summed E-state index contributed by atoms with van der Waals surface area (Å²) in [5, 5.41) is 10.9. The number of nitrogens with zero attached hydrogens (tertiary/aromatic N) is 3. The van der Waals surface area contributed by atoms with Gasteiger partial charge < -0.3 is 11.1 Å². The van der Waals surface area contributed by atoms with Gasteiger partial charge in [0.05, 0.1) is 12.1 Å². The van der Waals surface area contributed by atoms with Gasteiger partial charge >= 0.3 is 0 Å². The molecule has 6 heteroatoms. The molecule has 0 bridgehead atoms. The van der Waals surface area contributed by atoms with Crippen LogP contribution in [0.25, 0.3) is 5.65 Å². The highest BCUT2D eigenvalue weighted by Crippen LogP contribution is 2.11. The van der Waals surface area contributed by atoms with Crippen molar-refractivity contribution in [3.63, 3.8) is 0 Å². The van der Waals surface area contributed by atoms with Crippen molar-refractivity contribution in [2.75, 3.05) is 0 Å². The number of carbonyl (C=O) groups excluding carboxylic acids is 1. The van der Waals surface area contributed by atoms with Crippen molar-refractivity contribution in [2.24, 2.45) is 5.73 Å². The highest BCUT2D eigenvalue weighted by atomic mass is 16.2. The van der Waals surface area contributed by atoms with E-state index < -0.39 is 6.04 Å². The van der Waals surface area contributed by atoms with Crippen molar-refractivity contribution in [1.82, 2.24) is 19.9 Å². The minimum absolute atomic E-state index is 0.204. The number of hydrogen-bond donors (Lipinski definition) is 2. The fraction of sp³-hybridized carbons (Fsp3) is 0.364. The van der Waals surface area contributed by atoms with E-state index in [4.69, 9.17) is 5.73 Å². The van der Waals surface area contributed by atoms with Gasteiger partial charge in [0.15, 0.2) is 11.5 Å². The topological polar surface area (TPSA) is 85.3 Å². The molecule has 0 fully saturated rings. The Morgan fingerprint density at radius 3 is 2.88 bits per heavy atom. The van der Waals surface area contributed by atoms with Crippen molar-refractivity contribution in [2.45, 2.75) is 25.9 Å². The summed E-state index contributed by atoms with van der Waals surface area (Å²) in [6.07, 6.45) is 1.86. The Morgan fingerprint density at radius 1 is 1.41 bits per heavy atom. The van der Waals surface area contributed by atoms with Gasteiger partial charge in [-0.2, -0.15) is 0 Å². The van der Waals surface area contributed by atoms with E-state index in [0.717, 1.165) is 5.65 Å². The monoisotopic (exact) mass is 233 g/mol. The molecule has 2 atom stereocenters. The van der Waals surface area contributed by atoms with Crippen LogP contribution in [0.4, 0.5) is 0 Å². The molecule has 0 saturated carbocycles. The minimum atomic E-state index is -0.531. The van der Waals surface area contributed by atoms with Gasteiger partial charge in [-0.1, -0.05) is 6.07 Å². The molecule has 2 aromatic rings. The Labute approximate surface area is 98.8 Å². The van der Waals surface area contributed by atoms with E-state index in [1.165, 1.54) is 0 Å². The van der Waals surface area contributed by atoms with E-state index >= 15 is 0 Å². The second-order valence-corrected chi connectivity index (χ2v) is 4.01. The molecule has 3 N–H and O–H groups in total. The van der Waals surface area contributed by atoms with Gasteiger partial charge in [-0.05, 0) is 26.0 Å². The second-order valence-electron chi connectivity index (χ2n) is 4.01. The SMILES string of the molecule is CC(N)C(=O)NC(C)c1nnc2ccccn12. The lowest BCUT2D eigenvalue weighted by Crippen LogP contribution is -2.39. The number of pyridine rings is 1. The van der Waals surface area contributed by atoms with Crippen LogP contribution in [-0.2, 0) is 4.79 Å². The first-order valence-electron chi connectivity index (χ1n) is 5.45. The Hall–Kier alpha value is -1.95. The predicted molar refractivity (Wildman–Crippen MR) is 63.2 cm³/mol. The highest BCUT2D eigenvalue weighted by molar-refractivity contribution is 5.81. The second kappa shape index (κ2) is 4.50. The normalized spacial score (nSPS) is 14.5. The third kappa shape index (κ3) is 2.26. The van der Waals surface area contributed by atoms with Crippen LogP contribution < -0.4 is 11.1 Å². The smallest absolute Gasteiger partial charge is 0.237 e. The summed E-state index contributed by atoms with van der Waals surface area (Å²) < 4.78 is 1.84. The Kier molecular flexibility index (Phi) is 3.06. The molecular formula is C11H15N5O. The van der Waals surface area contributed by atoms with Crippen molar-refractivity contribution >= 4 is 11.6 Å². The first-order chi connectivity index (χ1) is 8.09. The number of carbonyl (C=O) groups is 1. The van der Waals surface area contributed by atoms with Crippen LogP contribution in [0.1, 0.15) is 25.7 Å². The molecule has 0 aliphatic rings. The van der Waals surface area contributed by atoms with Crippen LogP contribution in [0.2, 0.25) is 0 Å². The van der Waals surface area contributed by atoms with Crippen LogP contribution in [0.3, 0.4) is 0 Å². The van der Waals surface area contributed by atoms with Gasteiger partial charge in [-0.3, -0.25) is 9.20 Å². The zero-order chi connectivity index (χ0) is 12.4. The molecule has 0 aromatic carbocycles. The standard InChI is InChI=1S/C11H15N5O/c1-7(12)11(17)13-8(2)10-15-14-9-5-3-4-6-16(9)10/h3-8H,12H2,1-2H3,(H,13,17). The maximum atomic E-state index is 11.5. The zero-order valence-corrected chi connectivity index (χ0v) is 9.79. The number of fused-ring (bicyclic) bond motifs is 1. The average Bonchev–Trinajstić information content (AvgIpc) is 2.72. The Balaban J connectivity index is 2.25. The summed E-state index contributed by atoms with van der Waals surface area (Å²) in [5.41, 5.74) is 6.25. The lowest BCUT2D eigenvalue weighted by molar-refractivity contribution is -0.122. The van der Waals surface area contributed by atoms with E-state index in [1.807, 2.05) is 35.7 Å². The van der Waals surface area contributed by atoms with Gasteiger partial charge in [-0.25, -0.2) is 0 Å². The molecule has 0 saturated heterocycles. The van der Waals surface area contributed by atoms with Crippen LogP contribution in [-0.4, -0.2) is 26.5 Å². The summed E-state index contributed by atoms with van der Waals surface area (Å²) in [6, 6.07) is 4.87. The van der Waals surface area contributed by atoms with Crippen molar-refractivity contribution in [1.29, 1.82) is 0 Å². The molecule has 2 rings (SSSR count). The lowest BCUT2D eigenvalue weighted by Gasteiger charge is -2.13. The van der Waals surface area contributed by atoms with E-state index in [0.29, 0.717) is 5.82 Å². The van der Waals surface area contributed by atoms with E-state index in [2.05, 4.69) is 15.5 Å². The number of hydrogen-bond acceptors (Lipinski definition) is 4. The fourth-order valence-corrected chi connectivity index (χ4v) is 1.56. The minimum Gasteiger partial charge on any atom is -0.345 e. The van der Waals surface area contributed by atoms with Crippen molar-refractivity contribution in [3.8, 4) is 0 Å². The van der Waals surface area contributed by atoms with Gasteiger partial charge in [0.2, 0.25) is 5.91 Å². The molecular weight excluding hydrogens is 218 g/mol. The molecule has 0 spiro atoms. The maximum Gasteiger partial charge on any atom is 0.237 e. The first kappa shape index (κ1) is 11.5. The summed E-state index contributed by atoms with van der Waals surface area (Å²) in [5.74, 6) is 0.486. The van der Waals surface area contributed by atoms with Crippen LogP contribution >= 0.6 is 0 Å². The van der Waals surface area contributed by atoms with E-state index in [-0.39, 0.29) is 11.9 Å². The molecule has 90 valence electrons. The Bertz CT molecular complexity index is 533. The summed E-state index contributed by atoms with van der Waals surface area (Å²) >= 11 is 0. The van der Waals surface area contributed by atoms with Gasteiger partial charge in [-0.15, -0.1) is 10.2 Å². The number of rotatable bonds is 3. The quantitative estimate of drug-likeness (QED) is 0.796. The molecule has 0 aliphatic carbocycles. The molecule has 1 amide bonds. The van der Waals surface area contributed by atoms with E-state index in [1.54, 1.807) is 6.92 Å². The molecule has 2 aromatic heterocycles. The van der Waals surface area contributed by atoms with Crippen molar-refractivity contribution in [3.05, 3.63) is 30.2 Å². The summed E-state index contributed by atoms with van der Waals surface area (Å²) in [4.78, 5) is 11.5. The van der Waals surface area contributed by atoms with Gasteiger partial charge in [0.25, 0.3) is 0 Å². The van der Waals surface area contributed by atoms with Crippen LogP contribution in [0.5, 0.6) is 0 Å². The average molecular weight is 233 g/mol. The number of aromatic nitrogens is 3. The van der Waals surface area contributed by atoms with Gasteiger partial charge in [0.1, 0.15) is 0 Å². The first-order valence-corrected chi connectivity index (χ1v) is 5.45. The number of nitrogens with two attached hydrogens (primary N) is 1. The third-order valence-electron chi connectivity index (χ3n) is 2.50. The molecule has 0 radical (unpaired) electrons. The lowest BCUT2D eigenvalue weighted by atomic mass is 10.2. The summed E-state index contributed by atoms with van der Waals surface area (Å²) in [7, 11) is 0. The molecule has 0 aliphatic heterocycles. The largest absolute Gasteiger partial charge is 0.345 e. The fourth-order valence-electron chi connectivity index (χ4n) is 1.56. The third-order valence-corrected chi connectivity index (χ3v) is 2.50. The van der Waals surface area contributed by atoms with Crippen LogP contribution in [0.15, 0.2) is 24.4 Å². The number of amides is 1. The van der Waals surface area contributed by atoms with E-state index in [9.17, 15) is 4.79 Å².